The minimum Gasteiger partial charge on any atom is -0.497 e. The van der Waals surface area contributed by atoms with E-state index in [1.165, 1.54) is 5.57 Å². The summed E-state index contributed by atoms with van der Waals surface area (Å²) in [6.07, 6.45) is 2.40. The molecule has 0 spiro atoms. The largest absolute Gasteiger partial charge is 0.497 e. The fourth-order valence-corrected chi connectivity index (χ4v) is 4.08. The van der Waals surface area contributed by atoms with E-state index in [-0.39, 0.29) is 0 Å². The van der Waals surface area contributed by atoms with Crippen LogP contribution in [0.3, 0.4) is 0 Å². The zero-order valence-electron chi connectivity index (χ0n) is 30.2. The molecular weight excluding hydrogens is 644 g/mol. The van der Waals surface area contributed by atoms with Crippen molar-refractivity contribution in [2.45, 2.75) is 41.5 Å². The van der Waals surface area contributed by atoms with Crippen LogP contribution in [0.2, 0.25) is 0 Å². The lowest BCUT2D eigenvalue weighted by molar-refractivity contribution is -0.131. The summed E-state index contributed by atoms with van der Waals surface area (Å²) in [5, 5.41) is 0. The Hall–Kier alpha value is -6.28. The first-order valence-corrected chi connectivity index (χ1v) is 15.8. The Labute approximate surface area is 300 Å². The molecule has 8 heteroatoms. The molecule has 4 rings (SSSR count). The molecule has 0 unspecified atom stereocenters. The highest BCUT2D eigenvalue weighted by Crippen LogP contribution is 2.39. The van der Waals surface area contributed by atoms with Gasteiger partial charge in [0.05, 0.1) is 7.11 Å². The van der Waals surface area contributed by atoms with Gasteiger partial charge in [-0.2, -0.15) is 0 Å². The highest BCUT2D eigenvalue weighted by molar-refractivity contribution is 5.92. The number of aldehydes is 1. The summed E-state index contributed by atoms with van der Waals surface area (Å²) in [5.74, 6) is 0.794. The van der Waals surface area contributed by atoms with E-state index in [1.807, 2.05) is 62.4 Å². The minimum absolute atomic E-state index is 0.293. The van der Waals surface area contributed by atoms with Crippen molar-refractivity contribution in [2.24, 2.45) is 0 Å². The molecular formula is C43H44O8. The molecule has 0 heterocycles. The number of carbonyl (C=O) groups is 4. The van der Waals surface area contributed by atoms with Gasteiger partial charge in [-0.3, -0.25) is 9.59 Å². The molecule has 4 aromatic carbocycles. The predicted molar refractivity (Wildman–Crippen MR) is 203 cm³/mol. The maximum atomic E-state index is 12.8. The van der Waals surface area contributed by atoms with E-state index in [9.17, 15) is 19.2 Å². The topological polar surface area (TPSA) is 105 Å². The predicted octanol–water partition coefficient (Wildman–Crippen LogP) is 9.93. The van der Waals surface area contributed by atoms with Crippen molar-refractivity contribution >= 4 is 24.7 Å². The van der Waals surface area contributed by atoms with E-state index in [1.54, 1.807) is 77.3 Å². The number of benzene rings is 4. The van der Waals surface area contributed by atoms with Gasteiger partial charge in [-0.25, -0.2) is 9.59 Å². The Morgan fingerprint density at radius 3 is 1.45 bits per heavy atom. The zero-order chi connectivity index (χ0) is 38.1. The second-order valence-electron chi connectivity index (χ2n) is 11.6. The molecule has 0 bridgehead atoms. The van der Waals surface area contributed by atoms with E-state index in [2.05, 4.69) is 19.7 Å². The molecule has 0 aliphatic heterocycles. The fourth-order valence-electron chi connectivity index (χ4n) is 4.08. The molecule has 0 aliphatic carbocycles. The number of rotatable bonds is 11. The van der Waals surface area contributed by atoms with Crippen molar-refractivity contribution in [2.75, 3.05) is 7.11 Å². The number of carbonyl (C=O) groups excluding carboxylic acids is 4. The van der Waals surface area contributed by atoms with Gasteiger partial charge in [0.1, 0.15) is 29.3 Å². The van der Waals surface area contributed by atoms with Gasteiger partial charge in [0, 0.05) is 22.3 Å². The van der Waals surface area contributed by atoms with Crippen molar-refractivity contribution in [3.05, 3.63) is 133 Å². The molecule has 4 aromatic rings. The van der Waals surface area contributed by atoms with E-state index in [0.717, 1.165) is 34.1 Å². The molecule has 0 atom stereocenters. The van der Waals surface area contributed by atoms with E-state index in [0.29, 0.717) is 51.8 Å². The highest BCUT2D eigenvalue weighted by atomic mass is 16.5. The lowest BCUT2D eigenvalue weighted by Crippen LogP contribution is -2.10. The van der Waals surface area contributed by atoms with Crippen molar-refractivity contribution in [1.29, 1.82) is 0 Å². The molecule has 0 saturated carbocycles. The van der Waals surface area contributed by atoms with Crippen LogP contribution < -0.4 is 18.9 Å². The summed E-state index contributed by atoms with van der Waals surface area (Å²) in [4.78, 5) is 45.4. The smallest absolute Gasteiger partial charge is 0.338 e. The van der Waals surface area contributed by atoms with Gasteiger partial charge in [0.15, 0.2) is 0 Å². The number of methoxy groups -OCH3 is 1. The normalized spacial score (nSPS) is 10.1. The zero-order valence-corrected chi connectivity index (χ0v) is 30.2. The second-order valence-corrected chi connectivity index (χ2v) is 11.6. The van der Waals surface area contributed by atoms with Crippen molar-refractivity contribution in [3.63, 3.8) is 0 Å². The number of hydrogen-bond donors (Lipinski definition) is 0. The van der Waals surface area contributed by atoms with E-state index < -0.39 is 11.9 Å². The second kappa shape index (κ2) is 20.3. The third-order valence-electron chi connectivity index (χ3n) is 6.76. The Bertz CT molecular complexity index is 1910. The number of hydrogen-bond acceptors (Lipinski definition) is 8. The quantitative estimate of drug-likeness (QED) is 0.0504. The summed E-state index contributed by atoms with van der Waals surface area (Å²) in [7, 11) is 1.60. The summed E-state index contributed by atoms with van der Waals surface area (Å²) in [6, 6.07) is 25.3. The molecule has 0 radical (unpaired) electrons. The van der Waals surface area contributed by atoms with Crippen molar-refractivity contribution in [1.82, 2.24) is 0 Å². The fraction of sp³-hybridized carbons (Fsp3) is 0.163. The molecule has 0 amide bonds. The standard InChI is InChI=1S/C35H30O7.C4H6O.C4H8/c1-6-23(4)35(38)42-33-20-27(12-18-31(33)25-9-15-29(16-10-25)41-34(37)22(2)3)26-11-17-30(32(19-26)40-21-36)24-7-13-28(39-5)14-8-24;1-4(2)3-5;1-4(2)3/h6-21H,2H2,1,3-5H3;3H,1H2,2H3;1H2,2-3H3/b23-6+;;. The van der Waals surface area contributed by atoms with Crippen LogP contribution in [0.5, 0.6) is 23.0 Å². The molecule has 0 fully saturated rings. The van der Waals surface area contributed by atoms with Gasteiger partial charge in [-0.1, -0.05) is 73.3 Å². The number of esters is 2. The van der Waals surface area contributed by atoms with Gasteiger partial charge in [0.2, 0.25) is 0 Å². The van der Waals surface area contributed by atoms with E-state index >= 15 is 0 Å². The van der Waals surface area contributed by atoms with Crippen LogP contribution >= 0.6 is 0 Å². The molecule has 51 heavy (non-hydrogen) atoms. The first kappa shape index (κ1) is 40.9. The van der Waals surface area contributed by atoms with Crippen LogP contribution in [0.1, 0.15) is 41.5 Å². The minimum atomic E-state index is -0.514. The first-order chi connectivity index (χ1) is 24.2. The van der Waals surface area contributed by atoms with Gasteiger partial charge in [-0.05, 0) is 106 Å². The average molecular weight is 689 g/mol. The Morgan fingerprint density at radius 2 is 1.04 bits per heavy atom. The monoisotopic (exact) mass is 688 g/mol. The Morgan fingerprint density at radius 1 is 0.608 bits per heavy atom. The third-order valence-corrected chi connectivity index (χ3v) is 6.76. The number of ether oxygens (including phenoxy) is 4. The van der Waals surface area contributed by atoms with E-state index in [4.69, 9.17) is 18.9 Å². The lowest BCUT2D eigenvalue weighted by atomic mass is 9.96. The molecule has 264 valence electrons. The molecule has 8 nitrogen and oxygen atoms in total. The van der Waals surface area contributed by atoms with Crippen LogP contribution in [0, 0.1) is 0 Å². The number of allylic oxidation sites excluding steroid dienone is 3. The molecule has 0 saturated heterocycles. The molecule has 0 aromatic heterocycles. The Kier molecular flexibility index (Phi) is 16.3. The van der Waals surface area contributed by atoms with Crippen molar-refractivity contribution in [3.8, 4) is 56.4 Å². The van der Waals surface area contributed by atoms with Crippen LogP contribution in [0.25, 0.3) is 33.4 Å². The summed E-state index contributed by atoms with van der Waals surface area (Å²) < 4.78 is 21.7. The van der Waals surface area contributed by atoms with Gasteiger partial charge in [-0.15, -0.1) is 6.58 Å². The molecule has 0 aliphatic rings. The lowest BCUT2D eigenvalue weighted by Gasteiger charge is -2.15. The maximum absolute atomic E-state index is 12.8. The average Bonchev–Trinajstić information content (AvgIpc) is 3.11. The summed E-state index contributed by atoms with van der Waals surface area (Å²) in [5.41, 5.74) is 6.97. The highest BCUT2D eigenvalue weighted by Gasteiger charge is 2.16. The molecule has 0 N–H and O–H groups in total. The SMILES string of the molecule is C=C(C)C.C=C(C)C(=O)Oc1ccc(-c2ccc(-c3ccc(-c4ccc(OC)cc4)c(OC=O)c3)cc2OC(=O)/C(C)=C/C)cc1.C=C(C)C=O. The first-order valence-electron chi connectivity index (χ1n) is 15.8. The third kappa shape index (κ3) is 12.9. The van der Waals surface area contributed by atoms with Gasteiger partial charge < -0.3 is 18.9 Å². The van der Waals surface area contributed by atoms with Crippen LogP contribution in [-0.2, 0) is 19.2 Å². The van der Waals surface area contributed by atoms with Crippen LogP contribution in [0.15, 0.2) is 133 Å². The Balaban J connectivity index is 0.000000893. The summed E-state index contributed by atoms with van der Waals surface area (Å²) in [6.45, 7) is 21.5. The van der Waals surface area contributed by atoms with Gasteiger partial charge >= 0.3 is 11.9 Å². The van der Waals surface area contributed by atoms with Crippen molar-refractivity contribution < 1.29 is 38.1 Å². The van der Waals surface area contributed by atoms with Crippen LogP contribution in [-0.4, -0.2) is 31.8 Å². The summed E-state index contributed by atoms with van der Waals surface area (Å²) >= 11 is 0. The van der Waals surface area contributed by atoms with Gasteiger partial charge in [0.25, 0.3) is 6.47 Å². The maximum Gasteiger partial charge on any atom is 0.338 e. The van der Waals surface area contributed by atoms with Crippen LogP contribution in [0.4, 0.5) is 0 Å².